The van der Waals surface area contributed by atoms with E-state index >= 15 is 0 Å². The lowest BCUT2D eigenvalue weighted by Crippen LogP contribution is -2.30. The summed E-state index contributed by atoms with van der Waals surface area (Å²) < 4.78 is 0. The second-order valence-electron chi connectivity index (χ2n) is 7.05. The van der Waals surface area contributed by atoms with E-state index in [9.17, 15) is 4.79 Å². The molecule has 0 saturated carbocycles. The zero-order valence-electron chi connectivity index (χ0n) is 14.8. The first-order valence-corrected chi connectivity index (χ1v) is 9.09. The van der Waals surface area contributed by atoms with E-state index in [1.165, 1.54) is 16.7 Å². The summed E-state index contributed by atoms with van der Waals surface area (Å²) in [6, 6.07) is 15.1. The van der Waals surface area contributed by atoms with E-state index < -0.39 is 0 Å². The van der Waals surface area contributed by atoms with Crippen LogP contribution in [0.3, 0.4) is 0 Å². The van der Waals surface area contributed by atoms with E-state index in [4.69, 9.17) is 0 Å². The number of benzene rings is 2. The van der Waals surface area contributed by atoms with Crippen molar-refractivity contribution >= 4 is 11.6 Å². The molecule has 2 N–H and O–H groups in total. The Balaban J connectivity index is 1.72. The van der Waals surface area contributed by atoms with E-state index in [0.717, 1.165) is 17.7 Å². The van der Waals surface area contributed by atoms with Crippen molar-refractivity contribution in [3.63, 3.8) is 0 Å². The number of fused-ring (bicyclic) bond motifs is 3. The fraction of sp³-hybridized carbons (Fsp3) is 0.318. The SMILES string of the molecule is CCNC(=O)c1ccc2c(c1)C1C=CCC1C(c1cccc(C)c1)N2. The van der Waals surface area contributed by atoms with Crippen LogP contribution in [0.5, 0.6) is 0 Å². The van der Waals surface area contributed by atoms with Crippen molar-refractivity contribution in [1.29, 1.82) is 0 Å². The molecule has 2 aromatic rings. The van der Waals surface area contributed by atoms with Gasteiger partial charge in [0.25, 0.3) is 5.91 Å². The lowest BCUT2D eigenvalue weighted by Gasteiger charge is -2.37. The zero-order chi connectivity index (χ0) is 17.4. The molecule has 1 aliphatic carbocycles. The average Bonchev–Trinajstić information content (AvgIpc) is 3.11. The summed E-state index contributed by atoms with van der Waals surface area (Å²) in [4.78, 5) is 12.2. The molecule has 1 amide bonds. The number of hydrogen-bond acceptors (Lipinski definition) is 2. The third-order valence-corrected chi connectivity index (χ3v) is 5.36. The molecule has 3 heteroatoms. The van der Waals surface area contributed by atoms with Crippen LogP contribution in [0.4, 0.5) is 5.69 Å². The standard InChI is InChI=1S/C22H24N2O/c1-3-23-22(25)16-10-11-20-19(13-16)17-8-5-9-18(17)21(24-20)15-7-4-6-14(2)12-15/h4-8,10-13,17-18,21,24H,3,9H2,1-2H3,(H,23,25). The first kappa shape index (κ1) is 15.9. The maximum Gasteiger partial charge on any atom is 0.251 e. The molecular weight excluding hydrogens is 308 g/mol. The van der Waals surface area contributed by atoms with Gasteiger partial charge in [0.05, 0.1) is 6.04 Å². The molecule has 3 nitrogen and oxygen atoms in total. The lowest BCUT2D eigenvalue weighted by atomic mass is 9.76. The lowest BCUT2D eigenvalue weighted by molar-refractivity contribution is 0.0955. The molecule has 1 heterocycles. The number of aryl methyl sites for hydroxylation is 1. The highest BCUT2D eigenvalue weighted by Crippen LogP contribution is 2.49. The van der Waals surface area contributed by atoms with Crippen LogP contribution in [-0.2, 0) is 0 Å². The topological polar surface area (TPSA) is 41.1 Å². The minimum absolute atomic E-state index is 0.00429. The Bertz CT molecular complexity index is 840. The highest BCUT2D eigenvalue weighted by Gasteiger charge is 2.38. The van der Waals surface area contributed by atoms with Crippen LogP contribution >= 0.6 is 0 Å². The zero-order valence-corrected chi connectivity index (χ0v) is 14.8. The van der Waals surface area contributed by atoms with Crippen molar-refractivity contribution in [3.05, 3.63) is 76.9 Å². The summed E-state index contributed by atoms with van der Waals surface area (Å²) in [7, 11) is 0. The number of anilines is 1. The summed E-state index contributed by atoms with van der Waals surface area (Å²) >= 11 is 0. The Morgan fingerprint density at radius 3 is 2.92 bits per heavy atom. The average molecular weight is 332 g/mol. The molecule has 25 heavy (non-hydrogen) atoms. The molecule has 128 valence electrons. The monoisotopic (exact) mass is 332 g/mol. The predicted molar refractivity (Wildman–Crippen MR) is 102 cm³/mol. The Hall–Kier alpha value is -2.55. The number of amides is 1. The quantitative estimate of drug-likeness (QED) is 0.808. The van der Waals surface area contributed by atoms with Gasteiger partial charge < -0.3 is 10.6 Å². The molecule has 1 aliphatic heterocycles. The van der Waals surface area contributed by atoms with Gasteiger partial charge in [-0.25, -0.2) is 0 Å². The molecule has 0 spiro atoms. The van der Waals surface area contributed by atoms with Gasteiger partial charge in [0.2, 0.25) is 0 Å². The second kappa shape index (κ2) is 6.40. The van der Waals surface area contributed by atoms with Gasteiger partial charge in [-0.05, 0) is 55.5 Å². The molecule has 0 radical (unpaired) electrons. The Kier molecular flexibility index (Phi) is 4.08. The normalized spacial score (nSPS) is 23.5. The van der Waals surface area contributed by atoms with E-state index in [1.807, 2.05) is 13.0 Å². The Labute approximate surface area is 149 Å². The van der Waals surface area contributed by atoms with Gasteiger partial charge in [0.1, 0.15) is 0 Å². The van der Waals surface area contributed by atoms with Crippen molar-refractivity contribution in [2.75, 3.05) is 11.9 Å². The van der Waals surface area contributed by atoms with Crippen LogP contribution in [0, 0.1) is 12.8 Å². The minimum atomic E-state index is 0.00429. The molecule has 2 aliphatic rings. The summed E-state index contributed by atoms with van der Waals surface area (Å²) in [6.45, 7) is 4.73. The van der Waals surface area contributed by atoms with Gasteiger partial charge in [-0.15, -0.1) is 0 Å². The highest BCUT2D eigenvalue weighted by atomic mass is 16.1. The first-order valence-electron chi connectivity index (χ1n) is 9.09. The Morgan fingerprint density at radius 2 is 2.12 bits per heavy atom. The van der Waals surface area contributed by atoms with Crippen molar-refractivity contribution in [1.82, 2.24) is 5.32 Å². The highest BCUT2D eigenvalue weighted by molar-refractivity contribution is 5.95. The largest absolute Gasteiger partial charge is 0.378 e. The van der Waals surface area contributed by atoms with E-state index in [1.54, 1.807) is 0 Å². The number of carbonyl (C=O) groups is 1. The van der Waals surface area contributed by atoms with Gasteiger partial charge in [-0.3, -0.25) is 4.79 Å². The van der Waals surface area contributed by atoms with Gasteiger partial charge in [0, 0.05) is 23.7 Å². The number of carbonyl (C=O) groups excluding carboxylic acids is 1. The molecule has 0 saturated heterocycles. The smallest absolute Gasteiger partial charge is 0.251 e. The van der Waals surface area contributed by atoms with Gasteiger partial charge >= 0.3 is 0 Å². The van der Waals surface area contributed by atoms with Crippen LogP contribution in [0.25, 0.3) is 0 Å². The van der Waals surface area contributed by atoms with E-state index in [0.29, 0.717) is 24.4 Å². The Morgan fingerprint density at radius 1 is 1.24 bits per heavy atom. The fourth-order valence-electron chi connectivity index (χ4n) is 4.19. The van der Waals surface area contributed by atoms with E-state index in [2.05, 4.69) is 66.1 Å². The van der Waals surface area contributed by atoms with Gasteiger partial charge in [-0.2, -0.15) is 0 Å². The number of rotatable bonds is 3. The summed E-state index contributed by atoms with van der Waals surface area (Å²) in [6.07, 6.45) is 5.67. The summed E-state index contributed by atoms with van der Waals surface area (Å²) in [5.74, 6) is 0.875. The second-order valence-corrected chi connectivity index (χ2v) is 7.05. The molecule has 3 unspecified atom stereocenters. The maximum absolute atomic E-state index is 12.2. The summed E-state index contributed by atoms with van der Waals surface area (Å²) in [5.41, 5.74) is 5.77. The van der Waals surface area contributed by atoms with Crippen LogP contribution in [0.1, 0.15) is 52.4 Å². The number of nitrogens with one attached hydrogen (secondary N) is 2. The maximum atomic E-state index is 12.2. The van der Waals surface area contributed by atoms with Crippen LogP contribution in [0.2, 0.25) is 0 Å². The molecular formula is C22H24N2O. The van der Waals surface area contributed by atoms with Gasteiger partial charge in [-0.1, -0.05) is 42.0 Å². The van der Waals surface area contributed by atoms with Crippen molar-refractivity contribution in [2.45, 2.75) is 32.2 Å². The minimum Gasteiger partial charge on any atom is -0.378 e. The van der Waals surface area contributed by atoms with Crippen molar-refractivity contribution < 1.29 is 4.79 Å². The first-order chi connectivity index (χ1) is 12.2. The summed E-state index contributed by atoms with van der Waals surface area (Å²) in [5, 5.41) is 6.63. The van der Waals surface area contributed by atoms with Crippen molar-refractivity contribution in [3.8, 4) is 0 Å². The fourth-order valence-corrected chi connectivity index (χ4v) is 4.19. The van der Waals surface area contributed by atoms with Crippen molar-refractivity contribution in [2.24, 2.45) is 5.92 Å². The molecule has 0 fully saturated rings. The van der Waals surface area contributed by atoms with Crippen LogP contribution in [0.15, 0.2) is 54.6 Å². The molecule has 2 aromatic carbocycles. The molecule has 3 atom stereocenters. The number of hydrogen-bond donors (Lipinski definition) is 2. The predicted octanol–water partition coefficient (Wildman–Crippen LogP) is 4.57. The molecule has 4 rings (SSSR count). The van der Waals surface area contributed by atoms with E-state index in [-0.39, 0.29) is 5.91 Å². The molecule has 0 bridgehead atoms. The van der Waals surface area contributed by atoms with Gasteiger partial charge in [0.15, 0.2) is 0 Å². The van der Waals surface area contributed by atoms with Crippen LogP contribution < -0.4 is 10.6 Å². The van der Waals surface area contributed by atoms with Crippen LogP contribution in [-0.4, -0.2) is 12.5 Å². The third-order valence-electron chi connectivity index (χ3n) is 5.36. The molecule has 0 aromatic heterocycles. The third kappa shape index (κ3) is 2.84. The number of allylic oxidation sites excluding steroid dienone is 2.